The summed E-state index contributed by atoms with van der Waals surface area (Å²) in [5.41, 5.74) is 1.41. The van der Waals surface area contributed by atoms with Crippen molar-refractivity contribution in [3.05, 3.63) is 71.6 Å². The normalized spacial score (nSPS) is 8.68. The molecule has 2 rings (SSSR count). The summed E-state index contributed by atoms with van der Waals surface area (Å²) < 4.78 is 0. The van der Waals surface area contributed by atoms with Gasteiger partial charge in [0.2, 0.25) is 0 Å². The second kappa shape index (κ2) is 28.9. The van der Waals surface area contributed by atoms with Gasteiger partial charge in [0.1, 0.15) is 0 Å². The Balaban J connectivity index is -0.000000389. The van der Waals surface area contributed by atoms with Crippen molar-refractivity contribution in [2.24, 2.45) is 0 Å². The number of allylic oxidation sites excluding steroid dienone is 1. The molecular formula is C29H50S2. The lowest BCUT2D eigenvalue weighted by Crippen LogP contribution is -1.80. The molecule has 0 amide bonds. The van der Waals surface area contributed by atoms with Crippen LogP contribution in [0.2, 0.25) is 0 Å². The van der Waals surface area contributed by atoms with Crippen molar-refractivity contribution in [1.29, 1.82) is 0 Å². The van der Waals surface area contributed by atoms with Crippen LogP contribution in [-0.4, -0.2) is 5.75 Å². The van der Waals surface area contributed by atoms with Crippen LogP contribution in [0.1, 0.15) is 93.6 Å². The Hall–Kier alpha value is -1.12. The minimum Gasteiger partial charge on any atom is -0.125 e. The minimum atomic E-state index is 1.14. The molecular weight excluding hydrogens is 412 g/mol. The van der Waals surface area contributed by atoms with E-state index < -0.39 is 0 Å². The SMILES string of the molecule is C=C(C)Sc1ccccc1SCCC.CC.CCC.CCCC.CCc1ccccc1. The van der Waals surface area contributed by atoms with Crippen molar-refractivity contribution in [2.45, 2.75) is 104 Å². The van der Waals surface area contributed by atoms with Gasteiger partial charge < -0.3 is 0 Å². The van der Waals surface area contributed by atoms with Gasteiger partial charge in [0.05, 0.1) is 0 Å². The lowest BCUT2D eigenvalue weighted by molar-refractivity contribution is 0.886. The Labute approximate surface area is 204 Å². The van der Waals surface area contributed by atoms with Crippen LogP contribution in [0.25, 0.3) is 0 Å². The summed E-state index contributed by atoms with van der Waals surface area (Å²) in [5, 5.41) is 0. The van der Waals surface area contributed by atoms with E-state index in [9.17, 15) is 0 Å². The number of thioether (sulfide) groups is 2. The highest BCUT2D eigenvalue weighted by Gasteiger charge is 2.02. The van der Waals surface area contributed by atoms with Crippen molar-refractivity contribution in [3.8, 4) is 0 Å². The quantitative estimate of drug-likeness (QED) is 0.375. The molecule has 0 aliphatic heterocycles. The predicted octanol–water partition coefficient (Wildman–Crippen LogP) is 11.3. The molecule has 0 spiro atoms. The fourth-order valence-corrected chi connectivity index (χ4v) is 3.57. The Kier molecular flexibility index (Phi) is 32.1. The molecule has 178 valence electrons. The standard InChI is InChI=1S/C12H16S2.C8H10.C4H10.C3H8.C2H6/c1-4-9-13-11-7-5-6-8-12(11)14-10(2)3;1-2-8-6-4-3-5-7-8;1-3-4-2;1-3-2;1-2/h5-8H,2,4,9H2,1,3H3;3-7H,2H2,1H3;3-4H2,1-2H3;3H2,1-2H3;1-2H3. The number of hydrogen-bond acceptors (Lipinski definition) is 2. The molecule has 2 aromatic rings. The van der Waals surface area contributed by atoms with E-state index in [1.165, 1.54) is 46.8 Å². The molecule has 0 aromatic heterocycles. The van der Waals surface area contributed by atoms with Crippen molar-refractivity contribution in [1.82, 2.24) is 0 Å². The first-order valence-electron chi connectivity index (χ1n) is 12.1. The van der Waals surface area contributed by atoms with Gasteiger partial charge in [-0.15, -0.1) is 11.8 Å². The summed E-state index contributed by atoms with van der Waals surface area (Å²) in [5.74, 6) is 1.19. The van der Waals surface area contributed by atoms with Crippen LogP contribution in [0.15, 0.2) is 75.9 Å². The summed E-state index contributed by atoms with van der Waals surface area (Å²) in [7, 11) is 0. The average molecular weight is 463 g/mol. The van der Waals surface area contributed by atoms with Crippen LogP contribution in [-0.2, 0) is 6.42 Å². The Morgan fingerprint density at radius 2 is 1.16 bits per heavy atom. The maximum atomic E-state index is 3.93. The molecule has 31 heavy (non-hydrogen) atoms. The van der Waals surface area contributed by atoms with E-state index in [1.54, 1.807) is 11.8 Å². The fraction of sp³-hybridized carbons (Fsp3) is 0.517. The fourth-order valence-electron chi connectivity index (χ4n) is 1.77. The highest BCUT2D eigenvalue weighted by atomic mass is 32.2. The Morgan fingerprint density at radius 1 is 0.710 bits per heavy atom. The third-order valence-corrected chi connectivity index (χ3v) is 5.68. The second-order valence-corrected chi connectivity index (χ2v) is 9.12. The maximum Gasteiger partial charge on any atom is 0.0254 e. The summed E-state index contributed by atoms with van der Waals surface area (Å²) in [6.45, 7) is 23.0. The van der Waals surface area contributed by atoms with E-state index in [4.69, 9.17) is 0 Å². The van der Waals surface area contributed by atoms with E-state index in [-0.39, 0.29) is 0 Å². The summed E-state index contributed by atoms with van der Waals surface area (Å²) >= 11 is 3.69. The highest BCUT2D eigenvalue weighted by molar-refractivity contribution is 8.04. The van der Waals surface area contributed by atoms with E-state index in [2.05, 4.69) is 96.7 Å². The van der Waals surface area contributed by atoms with E-state index >= 15 is 0 Å². The van der Waals surface area contributed by atoms with Crippen LogP contribution < -0.4 is 0 Å². The number of aryl methyl sites for hydroxylation is 1. The van der Waals surface area contributed by atoms with Crippen LogP contribution >= 0.6 is 23.5 Å². The van der Waals surface area contributed by atoms with Gasteiger partial charge in [-0.05, 0) is 48.1 Å². The van der Waals surface area contributed by atoms with Gasteiger partial charge in [-0.3, -0.25) is 0 Å². The third kappa shape index (κ3) is 25.0. The number of unbranched alkanes of at least 4 members (excludes halogenated alkanes) is 1. The van der Waals surface area contributed by atoms with Gasteiger partial charge >= 0.3 is 0 Å². The molecule has 0 radical (unpaired) electrons. The molecule has 0 N–H and O–H groups in total. The van der Waals surface area contributed by atoms with Gasteiger partial charge in [-0.2, -0.15) is 0 Å². The highest BCUT2D eigenvalue weighted by Crippen LogP contribution is 2.34. The van der Waals surface area contributed by atoms with Crippen LogP contribution in [0.3, 0.4) is 0 Å². The summed E-state index contributed by atoms with van der Waals surface area (Å²) in [6.07, 6.45) is 6.25. The molecule has 2 aromatic carbocycles. The van der Waals surface area contributed by atoms with Crippen LogP contribution in [0, 0.1) is 0 Å². The van der Waals surface area contributed by atoms with Crippen molar-refractivity contribution < 1.29 is 0 Å². The summed E-state index contributed by atoms with van der Waals surface area (Å²) in [4.78, 5) is 3.86. The van der Waals surface area contributed by atoms with Crippen molar-refractivity contribution in [3.63, 3.8) is 0 Å². The zero-order valence-corrected chi connectivity index (χ0v) is 23.6. The zero-order valence-electron chi connectivity index (χ0n) is 22.0. The van der Waals surface area contributed by atoms with Crippen LogP contribution in [0.4, 0.5) is 0 Å². The van der Waals surface area contributed by atoms with Crippen LogP contribution in [0.5, 0.6) is 0 Å². The molecule has 0 saturated heterocycles. The van der Waals surface area contributed by atoms with Gasteiger partial charge in [-0.1, -0.05) is 135 Å². The van der Waals surface area contributed by atoms with Gasteiger partial charge in [0, 0.05) is 9.79 Å². The molecule has 0 atom stereocenters. The monoisotopic (exact) mass is 462 g/mol. The van der Waals surface area contributed by atoms with Gasteiger partial charge in [0.25, 0.3) is 0 Å². The zero-order chi connectivity index (χ0) is 24.3. The second-order valence-electron chi connectivity index (χ2n) is 6.65. The van der Waals surface area contributed by atoms with Crippen molar-refractivity contribution >= 4 is 23.5 Å². The lowest BCUT2D eigenvalue weighted by Gasteiger charge is -2.07. The summed E-state index contributed by atoms with van der Waals surface area (Å²) in [6, 6.07) is 19.0. The number of benzene rings is 2. The first-order chi connectivity index (χ1) is 15.0. The van der Waals surface area contributed by atoms with Gasteiger partial charge in [-0.25, -0.2) is 0 Å². The lowest BCUT2D eigenvalue weighted by atomic mass is 10.2. The largest absolute Gasteiger partial charge is 0.125 e. The third-order valence-electron chi connectivity index (χ3n) is 3.35. The molecule has 0 fully saturated rings. The average Bonchev–Trinajstić information content (AvgIpc) is 2.81. The maximum absolute atomic E-state index is 3.93. The van der Waals surface area contributed by atoms with E-state index in [1.807, 2.05) is 38.6 Å². The topological polar surface area (TPSA) is 0 Å². The predicted molar refractivity (Wildman–Crippen MR) is 152 cm³/mol. The Bertz CT molecular complexity index is 589. The van der Waals surface area contributed by atoms with E-state index in [0.717, 1.165) is 11.3 Å². The molecule has 0 aliphatic carbocycles. The minimum absolute atomic E-state index is 1.14. The molecule has 0 nitrogen and oxygen atoms in total. The molecule has 0 heterocycles. The van der Waals surface area contributed by atoms with E-state index in [0.29, 0.717) is 0 Å². The Morgan fingerprint density at radius 3 is 1.52 bits per heavy atom. The first-order valence-corrected chi connectivity index (χ1v) is 13.9. The molecule has 0 unspecified atom stereocenters. The van der Waals surface area contributed by atoms with Crippen molar-refractivity contribution in [2.75, 3.05) is 5.75 Å². The number of rotatable bonds is 7. The molecule has 0 bridgehead atoms. The molecule has 0 aliphatic rings. The molecule has 0 saturated carbocycles. The number of hydrogen-bond donors (Lipinski definition) is 0. The van der Waals surface area contributed by atoms with Gasteiger partial charge in [0.15, 0.2) is 0 Å². The smallest absolute Gasteiger partial charge is 0.0254 e. The first kappa shape index (κ1) is 34.5. The molecule has 2 heteroatoms.